The van der Waals surface area contributed by atoms with Gasteiger partial charge in [0, 0.05) is 6.42 Å². The zero-order valence-electron chi connectivity index (χ0n) is 46.7. The number of hydrogen-bond acceptors (Lipinski definition) is 13. The lowest BCUT2D eigenvalue weighted by molar-refractivity contribution is -0.359. The molecule has 2 aliphatic heterocycles. The molecular weight excluding hydrogens is 967 g/mol. The van der Waals surface area contributed by atoms with Crippen molar-refractivity contribution in [3.63, 3.8) is 0 Å². The van der Waals surface area contributed by atoms with E-state index in [2.05, 4.69) is 104 Å². The van der Waals surface area contributed by atoms with Gasteiger partial charge in [-0.25, -0.2) is 0 Å². The van der Waals surface area contributed by atoms with Crippen molar-refractivity contribution >= 4 is 5.91 Å². The third kappa shape index (κ3) is 32.1. The van der Waals surface area contributed by atoms with Gasteiger partial charge in [0.25, 0.3) is 0 Å². The summed E-state index contributed by atoms with van der Waals surface area (Å²) in [5.74, 6) is -0.276. The number of ether oxygens (including phenoxy) is 4. The molecule has 0 saturated carbocycles. The number of carbonyl (C=O) groups excluding carboxylic acids is 1. The minimum atomic E-state index is -1.80. The minimum absolute atomic E-state index is 0.242. The molecule has 12 unspecified atom stereocenters. The van der Waals surface area contributed by atoms with E-state index in [1.807, 2.05) is 6.08 Å². The zero-order chi connectivity index (χ0) is 55.3. The summed E-state index contributed by atoms with van der Waals surface area (Å²) >= 11 is 0. The van der Waals surface area contributed by atoms with Gasteiger partial charge in [0.05, 0.1) is 32.0 Å². The van der Waals surface area contributed by atoms with Crippen LogP contribution in [-0.2, 0) is 23.7 Å². The van der Waals surface area contributed by atoms with Crippen LogP contribution in [0.25, 0.3) is 0 Å². The second kappa shape index (κ2) is 46.8. The van der Waals surface area contributed by atoms with Crippen molar-refractivity contribution in [2.24, 2.45) is 0 Å². The van der Waals surface area contributed by atoms with Gasteiger partial charge in [-0.05, 0) is 89.9 Å². The summed E-state index contributed by atoms with van der Waals surface area (Å²) in [4.78, 5) is 13.2. The number of unbranched alkanes of at least 4 members (excludes halogenated alkanes) is 18. The molecule has 9 N–H and O–H groups in total. The predicted octanol–water partition coefficient (Wildman–Crippen LogP) is 9.89. The Labute approximate surface area is 458 Å². The number of hydrogen-bond donors (Lipinski definition) is 9. The molecule has 2 saturated heterocycles. The normalized spacial score (nSPS) is 25.6. The molecule has 2 aliphatic rings. The van der Waals surface area contributed by atoms with Crippen LogP contribution in [0.1, 0.15) is 194 Å². The summed E-state index contributed by atoms with van der Waals surface area (Å²) in [5.41, 5.74) is 0. The first-order valence-corrected chi connectivity index (χ1v) is 29.5. The average Bonchev–Trinajstić information content (AvgIpc) is 3.42. The maximum absolute atomic E-state index is 13.2. The Morgan fingerprint density at radius 2 is 0.921 bits per heavy atom. The Balaban J connectivity index is 1.82. The number of nitrogens with one attached hydrogen (secondary N) is 1. The highest BCUT2D eigenvalue weighted by atomic mass is 16.7. The second-order valence-corrected chi connectivity index (χ2v) is 20.4. The van der Waals surface area contributed by atoms with Crippen molar-refractivity contribution in [2.75, 3.05) is 19.8 Å². The number of amides is 1. The summed E-state index contributed by atoms with van der Waals surface area (Å²) in [5, 5.41) is 87.0. The number of carbonyl (C=O) groups is 1. The van der Waals surface area contributed by atoms with E-state index in [1.54, 1.807) is 6.08 Å². The van der Waals surface area contributed by atoms with Gasteiger partial charge in [-0.1, -0.05) is 195 Å². The van der Waals surface area contributed by atoms with Crippen molar-refractivity contribution in [3.8, 4) is 0 Å². The topological polar surface area (TPSA) is 228 Å². The van der Waals surface area contributed by atoms with Gasteiger partial charge in [-0.15, -0.1) is 0 Å². The highest BCUT2D eigenvalue weighted by Crippen LogP contribution is 2.30. The molecule has 76 heavy (non-hydrogen) atoms. The molecule has 1 amide bonds. The Kier molecular flexibility index (Phi) is 42.5. The average molecular weight is 1070 g/mol. The van der Waals surface area contributed by atoms with Crippen LogP contribution >= 0.6 is 0 Å². The lowest BCUT2D eigenvalue weighted by Crippen LogP contribution is -2.65. The molecule has 2 heterocycles. The van der Waals surface area contributed by atoms with E-state index in [4.69, 9.17) is 18.9 Å². The van der Waals surface area contributed by atoms with Crippen molar-refractivity contribution in [3.05, 3.63) is 97.2 Å². The molecule has 2 rings (SSSR count). The SMILES string of the molecule is CC/C=C\C/C=C\C/C=C\C/C=C\C/C=C\CCCCCCCC(=O)NC(COC1OC(CO)C(OC2OC(CO)C(O)C(O)C2O)C(O)C1O)C(O)/C=C/CC/C=C/CC/C=C/CCCCCCCCCCCCC. The number of aliphatic hydroxyl groups excluding tert-OH is 8. The molecular formula is C62H105NO13. The van der Waals surface area contributed by atoms with E-state index in [0.29, 0.717) is 12.8 Å². The van der Waals surface area contributed by atoms with Crippen LogP contribution in [0.3, 0.4) is 0 Å². The summed E-state index contributed by atoms with van der Waals surface area (Å²) < 4.78 is 22.7. The fourth-order valence-electron chi connectivity index (χ4n) is 9.00. The van der Waals surface area contributed by atoms with Crippen molar-refractivity contribution in [2.45, 2.75) is 267 Å². The summed E-state index contributed by atoms with van der Waals surface area (Å²) in [6.45, 7) is 2.63. The zero-order valence-corrected chi connectivity index (χ0v) is 46.7. The van der Waals surface area contributed by atoms with Crippen LogP contribution < -0.4 is 5.32 Å². The Morgan fingerprint density at radius 1 is 0.487 bits per heavy atom. The molecule has 0 spiro atoms. The van der Waals surface area contributed by atoms with Gasteiger partial charge < -0.3 is 65.1 Å². The first kappa shape index (κ1) is 69.0. The first-order valence-electron chi connectivity index (χ1n) is 29.5. The summed E-state index contributed by atoms with van der Waals surface area (Å²) in [6.07, 6.45) is 47.2. The van der Waals surface area contributed by atoms with Crippen molar-refractivity contribution in [1.82, 2.24) is 5.32 Å². The molecule has 0 aromatic rings. The Hall–Kier alpha value is -3.09. The molecule has 0 aromatic heterocycles. The van der Waals surface area contributed by atoms with E-state index >= 15 is 0 Å². The van der Waals surface area contributed by atoms with E-state index in [-0.39, 0.29) is 18.9 Å². The highest BCUT2D eigenvalue weighted by molar-refractivity contribution is 5.76. The fraction of sp³-hybridized carbons (Fsp3) is 0.726. The lowest BCUT2D eigenvalue weighted by Gasteiger charge is -2.46. The monoisotopic (exact) mass is 1070 g/mol. The van der Waals surface area contributed by atoms with Crippen LogP contribution in [0.2, 0.25) is 0 Å². The number of aliphatic hydroxyl groups is 8. The van der Waals surface area contributed by atoms with Gasteiger partial charge in [-0.3, -0.25) is 4.79 Å². The maximum Gasteiger partial charge on any atom is 0.220 e. The lowest BCUT2D eigenvalue weighted by atomic mass is 9.97. The molecule has 0 aromatic carbocycles. The fourth-order valence-corrected chi connectivity index (χ4v) is 9.00. The second-order valence-electron chi connectivity index (χ2n) is 20.4. The van der Waals surface area contributed by atoms with E-state index in [0.717, 1.165) is 89.9 Å². The van der Waals surface area contributed by atoms with Crippen LogP contribution in [0, 0.1) is 0 Å². The highest BCUT2D eigenvalue weighted by Gasteiger charge is 2.51. The van der Waals surface area contributed by atoms with Crippen LogP contribution in [0.4, 0.5) is 0 Å². The molecule has 436 valence electrons. The molecule has 14 heteroatoms. The van der Waals surface area contributed by atoms with Gasteiger partial charge >= 0.3 is 0 Å². The molecule has 14 nitrogen and oxygen atoms in total. The van der Waals surface area contributed by atoms with Gasteiger partial charge in [0.1, 0.15) is 48.8 Å². The van der Waals surface area contributed by atoms with E-state index in [1.165, 1.54) is 70.6 Å². The van der Waals surface area contributed by atoms with Crippen molar-refractivity contribution in [1.29, 1.82) is 0 Å². The summed E-state index contributed by atoms with van der Waals surface area (Å²) in [6, 6.07) is -0.955. The van der Waals surface area contributed by atoms with Crippen molar-refractivity contribution < 1.29 is 64.6 Å². The van der Waals surface area contributed by atoms with E-state index < -0.39 is 86.8 Å². The van der Waals surface area contributed by atoms with Gasteiger partial charge in [0.2, 0.25) is 5.91 Å². The Bertz CT molecular complexity index is 1640. The van der Waals surface area contributed by atoms with Gasteiger partial charge in [0.15, 0.2) is 12.6 Å². The third-order valence-corrected chi connectivity index (χ3v) is 13.7. The molecule has 12 atom stereocenters. The van der Waals surface area contributed by atoms with Crippen LogP contribution in [0.5, 0.6) is 0 Å². The minimum Gasteiger partial charge on any atom is -0.394 e. The largest absolute Gasteiger partial charge is 0.394 e. The quantitative estimate of drug-likeness (QED) is 0.0205. The third-order valence-electron chi connectivity index (χ3n) is 13.7. The summed E-state index contributed by atoms with van der Waals surface area (Å²) in [7, 11) is 0. The molecule has 2 fully saturated rings. The molecule has 0 radical (unpaired) electrons. The standard InChI is InChI=1S/C62H105NO13/c1-3-5-7-9-11-13-15-17-19-21-23-25-27-29-31-33-35-37-39-41-43-45-51(66)50(49-73-61-59(72)57(70)60(53(48-65)75-61)76-62-58(71)56(69)55(68)52(47-64)74-62)63-54(67)46-44-42-40-38-36-34-32-30-28-26-24-22-20-18-16-14-12-10-8-6-4-2/h6,8,12,14,18,20,24,26-27,29-30,32,35,37,43,45,50-53,55-62,64-66,68-72H,3-5,7,9-11,13,15-17,19,21-23,25,28,31,33-34,36,38-42,44,46-49H2,1-2H3,(H,63,67)/b8-6-,14-12-,20-18-,26-24-,29-27+,32-30-,37-35+,45-43+. The number of rotatable bonds is 45. The van der Waals surface area contributed by atoms with Crippen LogP contribution in [-0.4, -0.2) is 140 Å². The number of allylic oxidation sites excluding steroid dienone is 15. The maximum atomic E-state index is 13.2. The van der Waals surface area contributed by atoms with Crippen LogP contribution in [0.15, 0.2) is 97.2 Å². The predicted molar refractivity (Wildman–Crippen MR) is 304 cm³/mol. The molecule has 0 bridgehead atoms. The van der Waals surface area contributed by atoms with Gasteiger partial charge in [-0.2, -0.15) is 0 Å². The molecule has 0 aliphatic carbocycles. The smallest absolute Gasteiger partial charge is 0.220 e. The van der Waals surface area contributed by atoms with E-state index in [9.17, 15) is 45.6 Å². The Morgan fingerprint density at radius 3 is 1.45 bits per heavy atom. The first-order chi connectivity index (χ1) is 37.1.